The first-order valence-corrected chi connectivity index (χ1v) is 6.79. The van der Waals surface area contributed by atoms with Gasteiger partial charge in [0.05, 0.1) is 12.8 Å². The van der Waals surface area contributed by atoms with E-state index < -0.39 is 6.10 Å². The Balaban J connectivity index is 1.92. The van der Waals surface area contributed by atoms with E-state index in [1.807, 2.05) is 6.92 Å². The Hall–Kier alpha value is -1.94. The van der Waals surface area contributed by atoms with Gasteiger partial charge >= 0.3 is 0 Å². The molecular weight excluding hydrogens is 278 g/mol. The summed E-state index contributed by atoms with van der Waals surface area (Å²) in [7, 11) is 0. The van der Waals surface area contributed by atoms with E-state index in [0.717, 1.165) is 0 Å². The zero-order valence-electron chi connectivity index (χ0n) is 11.1. The van der Waals surface area contributed by atoms with Crippen molar-refractivity contribution in [3.05, 3.63) is 53.4 Å². The fourth-order valence-corrected chi connectivity index (χ4v) is 1.91. The fourth-order valence-electron chi connectivity index (χ4n) is 1.73. The normalized spacial score (nSPS) is 11.9. The molecular formula is C15H16ClNO3. The van der Waals surface area contributed by atoms with Gasteiger partial charge < -0.3 is 14.5 Å². The second kappa shape index (κ2) is 7.01. The average molecular weight is 294 g/mol. The number of nitrogens with one attached hydrogen (secondary N) is 1. The molecule has 0 saturated heterocycles. The van der Waals surface area contributed by atoms with Gasteiger partial charge in [0.2, 0.25) is 0 Å². The number of carbonyl (C=O) groups is 1. The summed E-state index contributed by atoms with van der Waals surface area (Å²) in [5.41, 5.74) is 0. The number of benzene rings is 1. The largest absolute Gasteiger partial charge is 0.481 e. The number of halogens is 1. The number of hydrogen-bond acceptors (Lipinski definition) is 3. The molecule has 0 aliphatic heterocycles. The molecule has 0 unspecified atom stereocenters. The Bertz CT molecular complexity index is 554. The van der Waals surface area contributed by atoms with Crippen LogP contribution >= 0.6 is 11.6 Å². The van der Waals surface area contributed by atoms with Crippen molar-refractivity contribution in [2.45, 2.75) is 26.0 Å². The molecule has 2 aromatic rings. The van der Waals surface area contributed by atoms with Crippen LogP contribution in [-0.2, 0) is 11.3 Å². The number of rotatable bonds is 6. The summed E-state index contributed by atoms with van der Waals surface area (Å²) in [4.78, 5) is 12.0. The van der Waals surface area contributed by atoms with Crippen LogP contribution in [0, 0.1) is 0 Å². The third kappa shape index (κ3) is 4.03. The molecule has 1 aromatic carbocycles. The Kier molecular flexibility index (Phi) is 5.07. The van der Waals surface area contributed by atoms with E-state index in [9.17, 15) is 4.79 Å². The van der Waals surface area contributed by atoms with E-state index in [2.05, 4.69) is 5.32 Å². The molecule has 2 rings (SSSR count). The van der Waals surface area contributed by atoms with Gasteiger partial charge in [-0.3, -0.25) is 4.79 Å². The van der Waals surface area contributed by atoms with Crippen molar-refractivity contribution >= 4 is 17.5 Å². The van der Waals surface area contributed by atoms with Crippen LogP contribution in [0.1, 0.15) is 19.1 Å². The molecule has 1 amide bonds. The molecule has 106 valence electrons. The predicted octanol–water partition coefficient (Wildman–Crippen LogP) is 3.41. The third-order valence-electron chi connectivity index (χ3n) is 2.75. The lowest BCUT2D eigenvalue weighted by Gasteiger charge is -2.17. The number of furan rings is 1. The monoisotopic (exact) mass is 293 g/mol. The van der Waals surface area contributed by atoms with Crippen LogP contribution < -0.4 is 10.1 Å². The van der Waals surface area contributed by atoms with E-state index >= 15 is 0 Å². The highest BCUT2D eigenvalue weighted by atomic mass is 35.5. The number of hydrogen-bond donors (Lipinski definition) is 1. The Morgan fingerprint density at radius 2 is 2.25 bits per heavy atom. The van der Waals surface area contributed by atoms with Crippen LogP contribution in [0.5, 0.6) is 5.75 Å². The number of ether oxygens (including phenoxy) is 1. The van der Waals surface area contributed by atoms with Gasteiger partial charge in [-0.2, -0.15) is 0 Å². The highest BCUT2D eigenvalue weighted by Crippen LogP contribution is 2.19. The van der Waals surface area contributed by atoms with Crippen molar-refractivity contribution in [3.8, 4) is 5.75 Å². The van der Waals surface area contributed by atoms with Gasteiger partial charge in [-0.1, -0.05) is 24.6 Å². The molecule has 0 bridgehead atoms. The van der Waals surface area contributed by atoms with Crippen molar-refractivity contribution in [1.82, 2.24) is 5.32 Å². The summed E-state index contributed by atoms with van der Waals surface area (Å²) in [6.07, 6.45) is 1.58. The molecule has 1 N–H and O–H groups in total. The van der Waals surface area contributed by atoms with Crippen molar-refractivity contribution in [1.29, 1.82) is 0 Å². The third-order valence-corrected chi connectivity index (χ3v) is 2.99. The van der Waals surface area contributed by atoms with Gasteiger partial charge in [0.15, 0.2) is 6.10 Å². The summed E-state index contributed by atoms with van der Waals surface area (Å²) < 4.78 is 10.8. The maximum Gasteiger partial charge on any atom is 0.261 e. The van der Waals surface area contributed by atoms with Crippen LogP contribution in [0.15, 0.2) is 47.1 Å². The van der Waals surface area contributed by atoms with Crippen molar-refractivity contribution < 1.29 is 13.9 Å². The van der Waals surface area contributed by atoms with E-state index in [4.69, 9.17) is 20.8 Å². The van der Waals surface area contributed by atoms with Crippen molar-refractivity contribution in [2.24, 2.45) is 0 Å². The lowest BCUT2D eigenvalue weighted by Crippen LogP contribution is -2.37. The van der Waals surface area contributed by atoms with Crippen LogP contribution in [0.25, 0.3) is 0 Å². The molecule has 1 aromatic heterocycles. The standard InChI is InChI=1S/C15H16ClNO3/c1-2-14(20-12-6-3-5-11(16)9-12)15(18)17-10-13-7-4-8-19-13/h3-9,14H,2,10H2,1H3,(H,17,18)/t14-/m0/s1. The lowest BCUT2D eigenvalue weighted by atomic mass is 10.2. The molecule has 0 aliphatic rings. The highest BCUT2D eigenvalue weighted by Gasteiger charge is 2.18. The van der Waals surface area contributed by atoms with Gasteiger partial charge in [0.25, 0.3) is 5.91 Å². The maximum atomic E-state index is 12.0. The van der Waals surface area contributed by atoms with Crippen molar-refractivity contribution in [3.63, 3.8) is 0 Å². The molecule has 0 fully saturated rings. The van der Waals surface area contributed by atoms with Gasteiger partial charge in [0, 0.05) is 5.02 Å². The minimum Gasteiger partial charge on any atom is -0.481 e. The summed E-state index contributed by atoms with van der Waals surface area (Å²) in [6, 6.07) is 10.6. The fraction of sp³-hybridized carbons (Fsp3) is 0.267. The summed E-state index contributed by atoms with van der Waals surface area (Å²) >= 11 is 5.89. The molecule has 0 saturated carbocycles. The molecule has 0 radical (unpaired) electrons. The maximum absolute atomic E-state index is 12.0. The molecule has 0 aliphatic carbocycles. The molecule has 4 nitrogen and oxygen atoms in total. The first kappa shape index (κ1) is 14.5. The minimum atomic E-state index is -0.552. The molecule has 20 heavy (non-hydrogen) atoms. The van der Waals surface area contributed by atoms with Crippen LogP contribution in [0.3, 0.4) is 0 Å². The van der Waals surface area contributed by atoms with E-state index in [1.165, 1.54) is 0 Å². The Labute approximate surface area is 122 Å². The van der Waals surface area contributed by atoms with Crippen LogP contribution in [0.2, 0.25) is 5.02 Å². The van der Waals surface area contributed by atoms with E-state index in [0.29, 0.717) is 29.5 Å². The van der Waals surface area contributed by atoms with Crippen LogP contribution in [0.4, 0.5) is 0 Å². The zero-order chi connectivity index (χ0) is 14.4. The predicted molar refractivity (Wildman–Crippen MR) is 76.7 cm³/mol. The second-order valence-electron chi connectivity index (χ2n) is 4.27. The Morgan fingerprint density at radius 3 is 2.90 bits per heavy atom. The van der Waals surface area contributed by atoms with Gasteiger partial charge in [-0.05, 0) is 36.8 Å². The number of carbonyl (C=O) groups excluding carboxylic acids is 1. The van der Waals surface area contributed by atoms with E-state index in [1.54, 1.807) is 42.7 Å². The quantitative estimate of drug-likeness (QED) is 0.888. The molecule has 1 atom stereocenters. The smallest absolute Gasteiger partial charge is 0.261 e. The van der Waals surface area contributed by atoms with Crippen molar-refractivity contribution in [2.75, 3.05) is 0 Å². The summed E-state index contributed by atoms with van der Waals surface area (Å²) in [6.45, 7) is 2.24. The van der Waals surface area contributed by atoms with E-state index in [-0.39, 0.29) is 5.91 Å². The number of amides is 1. The van der Waals surface area contributed by atoms with Gasteiger partial charge in [0.1, 0.15) is 11.5 Å². The van der Waals surface area contributed by atoms with Crippen LogP contribution in [-0.4, -0.2) is 12.0 Å². The molecule has 1 heterocycles. The van der Waals surface area contributed by atoms with Gasteiger partial charge in [-0.25, -0.2) is 0 Å². The first-order chi connectivity index (χ1) is 9.69. The topological polar surface area (TPSA) is 51.5 Å². The first-order valence-electron chi connectivity index (χ1n) is 6.41. The SMILES string of the molecule is CC[C@H](Oc1cccc(Cl)c1)C(=O)NCc1ccco1. The highest BCUT2D eigenvalue weighted by molar-refractivity contribution is 6.30. The summed E-state index contributed by atoms with van der Waals surface area (Å²) in [5, 5.41) is 3.36. The zero-order valence-corrected chi connectivity index (χ0v) is 11.9. The molecule has 0 spiro atoms. The minimum absolute atomic E-state index is 0.177. The summed E-state index contributed by atoms with van der Waals surface area (Å²) in [5.74, 6) is 1.11. The van der Waals surface area contributed by atoms with Gasteiger partial charge in [-0.15, -0.1) is 0 Å². The average Bonchev–Trinajstić information content (AvgIpc) is 2.95. The lowest BCUT2D eigenvalue weighted by molar-refractivity contribution is -0.128. The molecule has 5 heteroatoms. The Morgan fingerprint density at radius 1 is 1.40 bits per heavy atom. The second-order valence-corrected chi connectivity index (χ2v) is 4.71.